The summed E-state index contributed by atoms with van der Waals surface area (Å²) in [5, 5.41) is 13.0. The molecule has 1 heterocycles. The van der Waals surface area contributed by atoms with Crippen LogP contribution < -0.4 is 5.32 Å². The fourth-order valence-electron chi connectivity index (χ4n) is 1.72. The number of amides is 3. The first kappa shape index (κ1) is 12.7. The van der Waals surface area contributed by atoms with E-state index in [1.807, 2.05) is 0 Å². The van der Waals surface area contributed by atoms with E-state index in [1.165, 1.54) is 30.3 Å². The third-order valence-corrected chi connectivity index (χ3v) is 2.69. The summed E-state index contributed by atoms with van der Waals surface area (Å²) in [5.74, 6) is -0.397. The third kappa shape index (κ3) is 2.44. The molecule has 1 fully saturated rings. The van der Waals surface area contributed by atoms with Gasteiger partial charge in [-0.25, -0.2) is 4.79 Å². The number of nitrogens with zero attached hydrogens (tertiary/aromatic N) is 2. The van der Waals surface area contributed by atoms with E-state index in [9.17, 15) is 19.7 Å². The highest BCUT2D eigenvalue weighted by Crippen LogP contribution is 2.16. The highest BCUT2D eigenvalue weighted by molar-refractivity contribution is 6.13. The average Bonchev–Trinajstić information content (AvgIpc) is 2.64. The third-order valence-electron chi connectivity index (χ3n) is 2.69. The van der Waals surface area contributed by atoms with Crippen molar-refractivity contribution in [3.8, 4) is 0 Å². The zero-order valence-electron chi connectivity index (χ0n) is 10.1. The SMILES string of the molecule is CCN1C(=O)N/C(=C/c2ccc([N+](=O)[O-])cc2)C1=O. The van der Waals surface area contributed by atoms with E-state index in [0.29, 0.717) is 12.1 Å². The first-order valence-corrected chi connectivity index (χ1v) is 5.62. The number of nitrogens with one attached hydrogen (secondary N) is 1. The lowest BCUT2D eigenvalue weighted by Gasteiger charge is -2.05. The van der Waals surface area contributed by atoms with Gasteiger partial charge in [-0.3, -0.25) is 19.8 Å². The number of hydrogen-bond donors (Lipinski definition) is 1. The van der Waals surface area contributed by atoms with Crippen molar-refractivity contribution in [1.82, 2.24) is 10.2 Å². The molecule has 1 aliphatic heterocycles. The second-order valence-corrected chi connectivity index (χ2v) is 3.89. The Bertz CT molecular complexity index is 577. The van der Waals surface area contributed by atoms with Crippen LogP contribution in [0.25, 0.3) is 6.08 Å². The number of benzene rings is 1. The average molecular weight is 261 g/mol. The van der Waals surface area contributed by atoms with Gasteiger partial charge in [0.25, 0.3) is 11.6 Å². The summed E-state index contributed by atoms with van der Waals surface area (Å²) >= 11 is 0. The molecule has 2 rings (SSSR count). The minimum Gasteiger partial charge on any atom is -0.303 e. The van der Waals surface area contributed by atoms with Crippen LogP contribution in [-0.4, -0.2) is 28.3 Å². The Morgan fingerprint density at radius 1 is 1.32 bits per heavy atom. The zero-order valence-corrected chi connectivity index (χ0v) is 10.1. The van der Waals surface area contributed by atoms with Gasteiger partial charge in [0.05, 0.1) is 4.92 Å². The Morgan fingerprint density at radius 3 is 2.42 bits per heavy atom. The van der Waals surface area contributed by atoms with Gasteiger partial charge in [-0.05, 0) is 30.7 Å². The Kier molecular flexibility index (Phi) is 3.28. The van der Waals surface area contributed by atoms with E-state index in [4.69, 9.17) is 0 Å². The number of rotatable bonds is 3. The van der Waals surface area contributed by atoms with Crippen LogP contribution in [0.5, 0.6) is 0 Å². The summed E-state index contributed by atoms with van der Waals surface area (Å²) in [5.41, 5.74) is 0.743. The monoisotopic (exact) mass is 261 g/mol. The Hall–Kier alpha value is -2.70. The number of hydrogen-bond acceptors (Lipinski definition) is 4. The topological polar surface area (TPSA) is 92.6 Å². The number of nitro groups is 1. The molecule has 7 nitrogen and oxygen atoms in total. The van der Waals surface area contributed by atoms with E-state index in [1.54, 1.807) is 6.92 Å². The predicted molar refractivity (Wildman–Crippen MR) is 67.0 cm³/mol. The van der Waals surface area contributed by atoms with Gasteiger partial charge in [-0.15, -0.1) is 0 Å². The van der Waals surface area contributed by atoms with Gasteiger partial charge in [-0.1, -0.05) is 0 Å². The Morgan fingerprint density at radius 2 is 1.95 bits per heavy atom. The van der Waals surface area contributed by atoms with Crippen molar-refractivity contribution in [2.24, 2.45) is 0 Å². The first-order chi connectivity index (χ1) is 9.02. The van der Waals surface area contributed by atoms with Crippen molar-refractivity contribution in [1.29, 1.82) is 0 Å². The van der Waals surface area contributed by atoms with Crippen LogP contribution in [0.3, 0.4) is 0 Å². The van der Waals surface area contributed by atoms with E-state index in [2.05, 4.69) is 5.32 Å². The van der Waals surface area contributed by atoms with Crippen LogP contribution in [0.1, 0.15) is 12.5 Å². The molecule has 1 saturated heterocycles. The van der Waals surface area contributed by atoms with Crippen LogP contribution in [0.15, 0.2) is 30.0 Å². The molecule has 0 unspecified atom stereocenters. The standard InChI is InChI=1S/C12H11N3O4/c1-2-14-11(16)10(13-12(14)17)7-8-3-5-9(6-4-8)15(18)19/h3-7H,2H2,1H3,(H,13,17)/b10-7+. The van der Waals surface area contributed by atoms with E-state index >= 15 is 0 Å². The van der Waals surface area contributed by atoms with Crippen molar-refractivity contribution in [2.75, 3.05) is 6.54 Å². The van der Waals surface area contributed by atoms with Gasteiger partial charge in [0.1, 0.15) is 5.70 Å². The summed E-state index contributed by atoms with van der Waals surface area (Å²) in [6.07, 6.45) is 1.49. The van der Waals surface area contributed by atoms with Crippen molar-refractivity contribution < 1.29 is 14.5 Å². The maximum atomic E-state index is 11.8. The second-order valence-electron chi connectivity index (χ2n) is 3.89. The Labute approximate surface area is 108 Å². The molecular weight excluding hydrogens is 250 g/mol. The number of carbonyl (C=O) groups excluding carboxylic acids is 2. The molecule has 3 amide bonds. The number of non-ortho nitro benzene ring substituents is 1. The molecule has 1 aromatic carbocycles. The summed E-state index contributed by atoms with van der Waals surface area (Å²) in [7, 11) is 0. The zero-order chi connectivity index (χ0) is 14.0. The molecule has 19 heavy (non-hydrogen) atoms. The molecule has 0 saturated carbocycles. The molecule has 0 radical (unpaired) electrons. The Balaban J connectivity index is 2.25. The molecule has 0 aromatic heterocycles. The molecule has 1 aliphatic rings. The van der Waals surface area contributed by atoms with Crippen LogP contribution in [0.2, 0.25) is 0 Å². The molecular formula is C12H11N3O4. The summed E-state index contributed by atoms with van der Waals surface area (Å²) in [4.78, 5) is 34.3. The van der Waals surface area contributed by atoms with Crippen LogP contribution in [0, 0.1) is 10.1 Å². The lowest BCUT2D eigenvalue weighted by Crippen LogP contribution is -2.30. The second kappa shape index (κ2) is 4.89. The number of imide groups is 1. The highest BCUT2D eigenvalue weighted by atomic mass is 16.6. The van der Waals surface area contributed by atoms with Crippen molar-refractivity contribution >= 4 is 23.7 Å². The number of urea groups is 1. The van der Waals surface area contributed by atoms with Crippen LogP contribution >= 0.6 is 0 Å². The molecule has 7 heteroatoms. The maximum Gasteiger partial charge on any atom is 0.328 e. The lowest BCUT2D eigenvalue weighted by atomic mass is 10.1. The van der Waals surface area contributed by atoms with E-state index in [-0.39, 0.29) is 11.4 Å². The van der Waals surface area contributed by atoms with Crippen molar-refractivity contribution in [3.63, 3.8) is 0 Å². The first-order valence-electron chi connectivity index (χ1n) is 5.62. The fraction of sp³-hybridized carbons (Fsp3) is 0.167. The number of carbonyl (C=O) groups is 2. The molecule has 0 atom stereocenters. The van der Waals surface area contributed by atoms with Crippen molar-refractivity contribution in [3.05, 3.63) is 45.6 Å². The van der Waals surface area contributed by atoms with Gasteiger partial charge in [0.2, 0.25) is 0 Å². The fourth-order valence-corrected chi connectivity index (χ4v) is 1.72. The quantitative estimate of drug-likeness (QED) is 0.386. The van der Waals surface area contributed by atoms with Gasteiger partial charge in [-0.2, -0.15) is 0 Å². The molecule has 0 spiro atoms. The summed E-state index contributed by atoms with van der Waals surface area (Å²) in [6.45, 7) is 1.99. The molecule has 1 aromatic rings. The van der Waals surface area contributed by atoms with Gasteiger partial charge in [0, 0.05) is 18.7 Å². The van der Waals surface area contributed by atoms with Crippen molar-refractivity contribution in [2.45, 2.75) is 6.92 Å². The molecule has 0 aliphatic carbocycles. The number of nitro benzene ring substituents is 1. The molecule has 98 valence electrons. The smallest absolute Gasteiger partial charge is 0.303 e. The minimum absolute atomic E-state index is 0.0286. The van der Waals surface area contributed by atoms with Crippen LogP contribution in [0.4, 0.5) is 10.5 Å². The van der Waals surface area contributed by atoms with E-state index < -0.39 is 16.9 Å². The minimum atomic E-state index is -0.502. The molecule has 1 N–H and O–H groups in total. The largest absolute Gasteiger partial charge is 0.328 e. The highest BCUT2D eigenvalue weighted by Gasteiger charge is 2.31. The summed E-state index contributed by atoms with van der Waals surface area (Å²) in [6, 6.07) is 5.25. The van der Waals surface area contributed by atoms with Crippen LogP contribution in [-0.2, 0) is 4.79 Å². The summed E-state index contributed by atoms with van der Waals surface area (Å²) < 4.78 is 0. The number of likely N-dealkylation sites (N-methyl/N-ethyl adjacent to an activating group) is 1. The normalized spacial score (nSPS) is 16.9. The van der Waals surface area contributed by atoms with Gasteiger partial charge in [0.15, 0.2) is 0 Å². The molecule has 0 bridgehead atoms. The van der Waals surface area contributed by atoms with Gasteiger partial charge < -0.3 is 5.32 Å². The predicted octanol–water partition coefficient (Wildman–Crippen LogP) is 1.51. The van der Waals surface area contributed by atoms with Gasteiger partial charge >= 0.3 is 6.03 Å². The maximum absolute atomic E-state index is 11.8. The van der Waals surface area contributed by atoms with E-state index in [0.717, 1.165) is 4.90 Å². The lowest BCUT2D eigenvalue weighted by molar-refractivity contribution is -0.384.